The predicted molar refractivity (Wildman–Crippen MR) is 64.2 cm³/mol. The standard InChI is InChI=1S/C12H22O6/c13-7-3-1-5-12(11(17)18,9-10(15)16)6-2-4-8-14/h13-14H,1-9H2,(H,15,16)(H,17,18). The van der Waals surface area contributed by atoms with Crippen molar-refractivity contribution in [2.75, 3.05) is 13.2 Å². The first-order valence-electron chi connectivity index (χ1n) is 6.15. The van der Waals surface area contributed by atoms with Crippen molar-refractivity contribution in [3.8, 4) is 0 Å². The van der Waals surface area contributed by atoms with Gasteiger partial charge in [0.2, 0.25) is 0 Å². The summed E-state index contributed by atoms with van der Waals surface area (Å²) in [4.78, 5) is 22.2. The van der Waals surface area contributed by atoms with E-state index in [0.717, 1.165) is 0 Å². The number of rotatable bonds is 11. The summed E-state index contributed by atoms with van der Waals surface area (Å²) in [5.41, 5.74) is -1.28. The highest BCUT2D eigenvalue weighted by atomic mass is 16.4. The number of aliphatic hydroxyl groups excluding tert-OH is 2. The van der Waals surface area contributed by atoms with E-state index in [1.807, 2.05) is 0 Å². The van der Waals surface area contributed by atoms with Crippen molar-refractivity contribution in [3.63, 3.8) is 0 Å². The summed E-state index contributed by atoms with van der Waals surface area (Å²) in [7, 11) is 0. The van der Waals surface area contributed by atoms with E-state index in [1.165, 1.54) is 0 Å². The molecule has 6 nitrogen and oxygen atoms in total. The monoisotopic (exact) mass is 262 g/mol. The lowest BCUT2D eigenvalue weighted by Gasteiger charge is -2.27. The lowest BCUT2D eigenvalue weighted by Crippen LogP contribution is -2.34. The van der Waals surface area contributed by atoms with Gasteiger partial charge in [0.15, 0.2) is 0 Å². The average Bonchev–Trinajstić information content (AvgIpc) is 2.28. The highest BCUT2D eigenvalue weighted by Gasteiger charge is 2.39. The van der Waals surface area contributed by atoms with Gasteiger partial charge in [0.25, 0.3) is 0 Å². The number of carboxylic acids is 2. The Morgan fingerprint density at radius 3 is 1.56 bits per heavy atom. The van der Waals surface area contributed by atoms with Gasteiger partial charge in [0, 0.05) is 13.2 Å². The van der Waals surface area contributed by atoms with Crippen LogP contribution in [0.5, 0.6) is 0 Å². The molecule has 0 fully saturated rings. The Labute approximate surface area is 106 Å². The van der Waals surface area contributed by atoms with Crippen molar-refractivity contribution in [2.45, 2.75) is 44.9 Å². The van der Waals surface area contributed by atoms with Crippen LogP contribution in [0, 0.1) is 5.41 Å². The lowest BCUT2D eigenvalue weighted by molar-refractivity contribution is -0.157. The van der Waals surface area contributed by atoms with Gasteiger partial charge in [-0.15, -0.1) is 0 Å². The molecule has 0 aromatic rings. The van der Waals surface area contributed by atoms with Crippen LogP contribution in [0.25, 0.3) is 0 Å². The smallest absolute Gasteiger partial charge is 0.310 e. The average molecular weight is 262 g/mol. The van der Waals surface area contributed by atoms with Gasteiger partial charge >= 0.3 is 11.9 Å². The second kappa shape index (κ2) is 8.88. The zero-order valence-electron chi connectivity index (χ0n) is 10.5. The van der Waals surface area contributed by atoms with Gasteiger partial charge < -0.3 is 20.4 Å². The first-order chi connectivity index (χ1) is 8.48. The number of hydrogen-bond acceptors (Lipinski definition) is 4. The molecular weight excluding hydrogens is 240 g/mol. The molecule has 6 heteroatoms. The third-order valence-electron chi connectivity index (χ3n) is 3.07. The van der Waals surface area contributed by atoms with E-state index in [-0.39, 0.29) is 26.1 Å². The molecular formula is C12H22O6. The van der Waals surface area contributed by atoms with E-state index in [0.29, 0.717) is 25.7 Å². The molecule has 0 bridgehead atoms. The Morgan fingerprint density at radius 2 is 1.28 bits per heavy atom. The van der Waals surface area contributed by atoms with Crippen LogP contribution in [0.2, 0.25) is 0 Å². The molecule has 0 aromatic carbocycles. The maximum Gasteiger partial charge on any atom is 0.310 e. The molecule has 0 heterocycles. The molecule has 106 valence electrons. The van der Waals surface area contributed by atoms with Gasteiger partial charge in [0.05, 0.1) is 11.8 Å². The Morgan fingerprint density at radius 1 is 0.833 bits per heavy atom. The SMILES string of the molecule is O=C(O)CC(CCCCO)(CCCCO)C(=O)O. The van der Waals surface area contributed by atoms with E-state index < -0.39 is 23.8 Å². The first kappa shape index (κ1) is 16.9. The second-order valence-electron chi connectivity index (χ2n) is 4.52. The van der Waals surface area contributed by atoms with Crippen molar-refractivity contribution in [1.82, 2.24) is 0 Å². The molecule has 0 aromatic heterocycles. The summed E-state index contributed by atoms with van der Waals surface area (Å²) >= 11 is 0. The molecule has 0 aliphatic heterocycles. The molecule has 4 N–H and O–H groups in total. The number of unbranched alkanes of at least 4 members (excludes halogenated alkanes) is 2. The van der Waals surface area contributed by atoms with Crippen molar-refractivity contribution >= 4 is 11.9 Å². The molecule has 0 saturated carbocycles. The Balaban J connectivity index is 4.67. The van der Waals surface area contributed by atoms with Gasteiger partial charge in [0.1, 0.15) is 0 Å². The van der Waals surface area contributed by atoms with Crippen LogP contribution in [0.1, 0.15) is 44.9 Å². The fourth-order valence-electron chi connectivity index (χ4n) is 2.03. The fourth-order valence-corrected chi connectivity index (χ4v) is 2.03. The van der Waals surface area contributed by atoms with Crippen LogP contribution in [0.4, 0.5) is 0 Å². The minimum Gasteiger partial charge on any atom is -0.481 e. The maximum atomic E-state index is 11.4. The van der Waals surface area contributed by atoms with Crippen molar-refractivity contribution in [1.29, 1.82) is 0 Å². The summed E-state index contributed by atoms with van der Waals surface area (Å²) in [6, 6.07) is 0. The number of carboxylic acid groups (broad SMARTS) is 2. The summed E-state index contributed by atoms with van der Waals surface area (Å²) in [6.45, 7) is -0.0567. The number of aliphatic carboxylic acids is 2. The quantitative estimate of drug-likeness (QED) is 0.410. The van der Waals surface area contributed by atoms with Crippen molar-refractivity contribution in [2.24, 2.45) is 5.41 Å². The minimum atomic E-state index is -1.28. The van der Waals surface area contributed by atoms with Gasteiger partial charge in [-0.25, -0.2) is 0 Å². The van der Waals surface area contributed by atoms with E-state index in [2.05, 4.69) is 0 Å². The Hall–Kier alpha value is -1.14. The van der Waals surface area contributed by atoms with E-state index in [1.54, 1.807) is 0 Å². The van der Waals surface area contributed by atoms with Crippen LogP contribution in [-0.4, -0.2) is 45.6 Å². The summed E-state index contributed by atoms with van der Waals surface area (Å²) in [6.07, 6.45) is 1.95. The van der Waals surface area contributed by atoms with Gasteiger partial charge in [-0.2, -0.15) is 0 Å². The molecule has 0 radical (unpaired) electrons. The highest BCUT2D eigenvalue weighted by molar-refractivity contribution is 5.81. The normalized spacial score (nSPS) is 11.4. The Kier molecular flexibility index (Phi) is 8.32. The zero-order valence-corrected chi connectivity index (χ0v) is 10.5. The van der Waals surface area contributed by atoms with Crippen molar-refractivity contribution < 1.29 is 30.0 Å². The first-order valence-corrected chi connectivity index (χ1v) is 6.15. The summed E-state index contributed by atoms with van der Waals surface area (Å²) in [5.74, 6) is -2.24. The van der Waals surface area contributed by atoms with E-state index in [9.17, 15) is 14.7 Å². The van der Waals surface area contributed by atoms with Crippen LogP contribution in [0.15, 0.2) is 0 Å². The molecule has 18 heavy (non-hydrogen) atoms. The molecule has 0 atom stereocenters. The zero-order chi connectivity index (χ0) is 14.0. The molecule has 0 spiro atoms. The number of hydrogen-bond donors (Lipinski definition) is 4. The van der Waals surface area contributed by atoms with Gasteiger partial charge in [-0.1, -0.05) is 12.8 Å². The highest BCUT2D eigenvalue weighted by Crippen LogP contribution is 2.35. The van der Waals surface area contributed by atoms with Gasteiger partial charge in [-0.3, -0.25) is 9.59 Å². The second-order valence-corrected chi connectivity index (χ2v) is 4.52. The predicted octanol–water partition coefficient (Wildman–Crippen LogP) is 0.857. The van der Waals surface area contributed by atoms with E-state index >= 15 is 0 Å². The van der Waals surface area contributed by atoms with Crippen LogP contribution in [0.3, 0.4) is 0 Å². The molecule has 0 aliphatic carbocycles. The topological polar surface area (TPSA) is 115 Å². The van der Waals surface area contributed by atoms with Crippen LogP contribution in [-0.2, 0) is 9.59 Å². The molecule has 0 amide bonds. The maximum absolute atomic E-state index is 11.4. The van der Waals surface area contributed by atoms with Crippen molar-refractivity contribution in [3.05, 3.63) is 0 Å². The van der Waals surface area contributed by atoms with Gasteiger partial charge in [-0.05, 0) is 25.7 Å². The summed E-state index contributed by atoms with van der Waals surface area (Å²) in [5, 5.41) is 35.5. The van der Waals surface area contributed by atoms with Crippen LogP contribution >= 0.6 is 0 Å². The third-order valence-corrected chi connectivity index (χ3v) is 3.07. The lowest BCUT2D eigenvalue weighted by atomic mass is 9.75. The summed E-state index contributed by atoms with van der Waals surface area (Å²) < 4.78 is 0. The Bertz CT molecular complexity index is 253. The molecule has 0 rings (SSSR count). The number of carbonyl (C=O) groups is 2. The number of aliphatic hydroxyl groups is 2. The molecule has 0 aliphatic rings. The van der Waals surface area contributed by atoms with Crippen LogP contribution < -0.4 is 0 Å². The fraction of sp³-hybridized carbons (Fsp3) is 0.833. The van der Waals surface area contributed by atoms with E-state index in [4.69, 9.17) is 15.3 Å². The third kappa shape index (κ3) is 5.97. The minimum absolute atomic E-state index is 0.0284. The largest absolute Gasteiger partial charge is 0.481 e. The molecule has 0 unspecified atom stereocenters. The molecule has 0 saturated heterocycles.